The highest BCUT2D eigenvalue weighted by Crippen LogP contribution is 2.15. The number of carbonyl (C=O) groups is 1. The van der Waals surface area contributed by atoms with E-state index in [0.717, 1.165) is 30.8 Å². The van der Waals surface area contributed by atoms with Crippen LogP contribution < -0.4 is 15.4 Å². The maximum absolute atomic E-state index is 12.0. The Bertz CT molecular complexity index is 509. The van der Waals surface area contributed by atoms with Crippen molar-refractivity contribution >= 4 is 5.91 Å². The Morgan fingerprint density at radius 3 is 3.00 bits per heavy atom. The van der Waals surface area contributed by atoms with Crippen LogP contribution in [0.1, 0.15) is 25.8 Å². The highest BCUT2D eigenvalue weighted by molar-refractivity contribution is 5.78. The summed E-state index contributed by atoms with van der Waals surface area (Å²) < 4.78 is 5.64. The number of hydrogen-bond donors (Lipinski definition) is 2. The molecule has 114 valence electrons. The van der Waals surface area contributed by atoms with Crippen LogP contribution in [0.4, 0.5) is 0 Å². The lowest BCUT2D eigenvalue weighted by Crippen LogP contribution is -2.30. The van der Waals surface area contributed by atoms with Gasteiger partial charge in [0.05, 0.1) is 12.5 Å². The molecule has 1 amide bonds. The summed E-state index contributed by atoms with van der Waals surface area (Å²) in [6.07, 6.45) is 3.70. The summed E-state index contributed by atoms with van der Waals surface area (Å²) in [6.45, 7) is 6.54. The predicted molar refractivity (Wildman–Crippen MR) is 84.5 cm³/mol. The first-order chi connectivity index (χ1) is 10.1. The van der Waals surface area contributed by atoms with Crippen molar-refractivity contribution in [2.24, 2.45) is 0 Å². The van der Waals surface area contributed by atoms with E-state index in [0.29, 0.717) is 13.0 Å². The Balaban J connectivity index is 1.83. The molecule has 4 heteroatoms. The van der Waals surface area contributed by atoms with Gasteiger partial charge >= 0.3 is 0 Å². The third-order valence-corrected chi connectivity index (χ3v) is 3.31. The van der Waals surface area contributed by atoms with Crippen molar-refractivity contribution in [1.82, 2.24) is 10.6 Å². The molecule has 2 rings (SSSR count). The lowest BCUT2D eigenvalue weighted by molar-refractivity contribution is -0.120. The topological polar surface area (TPSA) is 50.4 Å². The molecule has 1 aromatic carbocycles. The van der Waals surface area contributed by atoms with Gasteiger partial charge in [-0.15, -0.1) is 0 Å². The van der Waals surface area contributed by atoms with Crippen LogP contribution in [0, 0.1) is 0 Å². The fraction of sp³-hybridized carbons (Fsp3) is 0.471. The Hall–Kier alpha value is -1.81. The number of hydrogen-bond acceptors (Lipinski definition) is 3. The second kappa shape index (κ2) is 7.84. The molecule has 0 bridgehead atoms. The van der Waals surface area contributed by atoms with E-state index in [-0.39, 0.29) is 12.0 Å². The zero-order valence-electron chi connectivity index (χ0n) is 12.8. The van der Waals surface area contributed by atoms with Gasteiger partial charge < -0.3 is 15.4 Å². The van der Waals surface area contributed by atoms with Gasteiger partial charge in [0, 0.05) is 13.1 Å². The van der Waals surface area contributed by atoms with Crippen LogP contribution in [0.3, 0.4) is 0 Å². The first kappa shape index (κ1) is 15.6. The van der Waals surface area contributed by atoms with Gasteiger partial charge in [-0.1, -0.05) is 23.8 Å². The largest absolute Gasteiger partial charge is 0.491 e. The third kappa shape index (κ3) is 5.60. The van der Waals surface area contributed by atoms with E-state index in [4.69, 9.17) is 4.74 Å². The Labute approximate surface area is 126 Å². The monoisotopic (exact) mass is 288 g/mol. The average Bonchev–Trinajstić information content (AvgIpc) is 2.46. The van der Waals surface area contributed by atoms with Gasteiger partial charge in [0.2, 0.25) is 5.91 Å². The van der Waals surface area contributed by atoms with Gasteiger partial charge in [0.15, 0.2) is 0 Å². The van der Waals surface area contributed by atoms with Crippen molar-refractivity contribution in [3.05, 3.63) is 41.5 Å². The lowest BCUT2D eigenvalue weighted by Gasteiger charge is -2.15. The van der Waals surface area contributed by atoms with E-state index in [2.05, 4.69) is 16.7 Å². The molecule has 4 nitrogen and oxygen atoms in total. The van der Waals surface area contributed by atoms with Crippen LogP contribution in [0.15, 0.2) is 35.9 Å². The van der Waals surface area contributed by atoms with E-state index in [1.807, 2.05) is 38.1 Å². The summed E-state index contributed by atoms with van der Waals surface area (Å²) >= 11 is 0. The number of carbonyl (C=O) groups excluding carboxylic acids is 1. The summed E-state index contributed by atoms with van der Waals surface area (Å²) in [6, 6.07) is 7.73. The highest BCUT2D eigenvalue weighted by atomic mass is 16.5. The van der Waals surface area contributed by atoms with Crippen LogP contribution in [0.5, 0.6) is 5.75 Å². The van der Waals surface area contributed by atoms with Gasteiger partial charge in [-0.25, -0.2) is 0 Å². The number of amides is 1. The third-order valence-electron chi connectivity index (χ3n) is 3.31. The normalized spacial score (nSPS) is 14.7. The highest BCUT2D eigenvalue weighted by Gasteiger charge is 2.07. The summed E-state index contributed by atoms with van der Waals surface area (Å²) in [7, 11) is 0. The van der Waals surface area contributed by atoms with Crippen LogP contribution >= 0.6 is 0 Å². The Morgan fingerprint density at radius 1 is 1.43 bits per heavy atom. The molecule has 21 heavy (non-hydrogen) atoms. The minimum atomic E-state index is 0.0520. The molecule has 0 fully saturated rings. The molecule has 0 radical (unpaired) electrons. The average molecular weight is 288 g/mol. The van der Waals surface area contributed by atoms with Crippen molar-refractivity contribution in [3.63, 3.8) is 0 Å². The molecule has 0 spiro atoms. The first-order valence-corrected chi connectivity index (χ1v) is 7.54. The fourth-order valence-electron chi connectivity index (χ4n) is 2.29. The minimum absolute atomic E-state index is 0.0520. The van der Waals surface area contributed by atoms with E-state index in [1.54, 1.807) is 0 Å². The molecule has 0 aliphatic carbocycles. The van der Waals surface area contributed by atoms with Gasteiger partial charge in [-0.3, -0.25) is 4.79 Å². The summed E-state index contributed by atoms with van der Waals surface area (Å²) in [5.74, 6) is 0.868. The van der Waals surface area contributed by atoms with E-state index in [9.17, 15) is 4.79 Å². The number of nitrogens with one attached hydrogen (secondary N) is 2. The number of benzene rings is 1. The standard InChI is InChI=1S/C17H24N2O2/c1-13(2)21-16-5-3-4-15(10-16)11-17(20)19-12-14-6-8-18-9-7-14/h3-6,10,13,18H,7-9,11-12H2,1-2H3,(H,19,20). The van der Waals surface area contributed by atoms with E-state index in [1.165, 1.54) is 5.57 Å². The van der Waals surface area contributed by atoms with Crippen molar-refractivity contribution in [3.8, 4) is 5.75 Å². The van der Waals surface area contributed by atoms with Crippen molar-refractivity contribution in [1.29, 1.82) is 0 Å². The maximum atomic E-state index is 12.0. The van der Waals surface area contributed by atoms with E-state index < -0.39 is 0 Å². The van der Waals surface area contributed by atoms with Crippen molar-refractivity contribution in [2.75, 3.05) is 19.6 Å². The minimum Gasteiger partial charge on any atom is -0.491 e. The van der Waals surface area contributed by atoms with Crippen molar-refractivity contribution < 1.29 is 9.53 Å². The predicted octanol–water partition coefficient (Wildman–Crippen LogP) is 2.05. The molecule has 2 N–H and O–H groups in total. The second-order valence-electron chi connectivity index (χ2n) is 5.58. The maximum Gasteiger partial charge on any atom is 0.224 e. The van der Waals surface area contributed by atoms with Crippen molar-refractivity contribution in [2.45, 2.75) is 32.8 Å². The summed E-state index contributed by atoms with van der Waals surface area (Å²) in [5.41, 5.74) is 2.28. The zero-order valence-corrected chi connectivity index (χ0v) is 12.8. The molecular formula is C17H24N2O2. The van der Waals surface area contributed by atoms with Crippen LogP contribution in [0.2, 0.25) is 0 Å². The molecule has 1 aliphatic heterocycles. The summed E-state index contributed by atoms with van der Waals surface area (Å²) in [4.78, 5) is 12.0. The Morgan fingerprint density at radius 2 is 2.29 bits per heavy atom. The van der Waals surface area contributed by atoms with Gasteiger partial charge in [-0.05, 0) is 44.5 Å². The molecule has 0 atom stereocenters. The van der Waals surface area contributed by atoms with Gasteiger partial charge in [-0.2, -0.15) is 0 Å². The molecule has 1 aromatic rings. The smallest absolute Gasteiger partial charge is 0.224 e. The number of rotatable bonds is 6. The molecule has 1 aliphatic rings. The lowest BCUT2D eigenvalue weighted by atomic mass is 10.1. The zero-order chi connectivity index (χ0) is 15.1. The first-order valence-electron chi connectivity index (χ1n) is 7.54. The van der Waals surface area contributed by atoms with Gasteiger partial charge in [0.1, 0.15) is 5.75 Å². The molecule has 0 saturated heterocycles. The fourth-order valence-corrected chi connectivity index (χ4v) is 2.29. The van der Waals surface area contributed by atoms with Crippen LogP contribution in [-0.2, 0) is 11.2 Å². The number of ether oxygens (including phenoxy) is 1. The molecule has 0 saturated carbocycles. The quantitative estimate of drug-likeness (QED) is 0.788. The van der Waals surface area contributed by atoms with Gasteiger partial charge in [0.25, 0.3) is 0 Å². The second-order valence-corrected chi connectivity index (χ2v) is 5.58. The molecular weight excluding hydrogens is 264 g/mol. The summed E-state index contributed by atoms with van der Waals surface area (Å²) in [5, 5.41) is 6.25. The Kier molecular flexibility index (Phi) is 5.81. The molecule has 0 aromatic heterocycles. The van der Waals surface area contributed by atoms with Crippen LogP contribution in [0.25, 0.3) is 0 Å². The SMILES string of the molecule is CC(C)Oc1cccc(CC(=O)NCC2=CCNCC2)c1. The molecule has 0 unspecified atom stereocenters. The van der Waals surface area contributed by atoms with E-state index >= 15 is 0 Å². The van der Waals surface area contributed by atoms with Crippen LogP contribution in [-0.4, -0.2) is 31.6 Å². The molecule has 1 heterocycles.